The van der Waals surface area contributed by atoms with Crippen molar-refractivity contribution in [1.29, 1.82) is 0 Å². The van der Waals surface area contributed by atoms with E-state index in [0.29, 0.717) is 5.69 Å². The summed E-state index contributed by atoms with van der Waals surface area (Å²) in [6.07, 6.45) is -0.899. The van der Waals surface area contributed by atoms with E-state index in [4.69, 9.17) is 34.8 Å². The highest BCUT2D eigenvalue weighted by molar-refractivity contribution is 6.68. The average molecular weight is 359 g/mol. The van der Waals surface area contributed by atoms with E-state index in [1.54, 1.807) is 24.3 Å². The fourth-order valence-corrected chi connectivity index (χ4v) is 2.05. The molecule has 116 valence electrons. The molecule has 22 heavy (non-hydrogen) atoms. The molecule has 0 aliphatic carbocycles. The SMILES string of the molecule is O=C(Nc1ccccc1)NC(Nc1ccccc1)C(Cl)(Cl)Cl. The molecular formula is C15H14Cl3N3O. The third kappa shape index (κ3) is 5.30. The van der Waals surface area contributed by atoms with Crippen molar-refractivity contribution in [3.8, 4) is 0 Å². The number of hydrogen-bond acceptors (Lipinski definition) is 2. The molecule has 0 radical (unpaired) electrons. The van der Waals surface area contributed by atoms with Crippen LogP contribution >= 0.6 is 34.8 Å². The van der Waals surface area contributed by atoms with Crippen molar-refractivity contribution < 1.29 is 4.79 Å². The van der Waals surface area contributed by atoms with Crippen molar-refractivity contribution in [2.75, 3.05) is 10.6 Å². The molecule has 0 heterocycles. The molecule has 3 N–H and O–H groups in total. The van der Waals surface area contributed by atoms with Crippen LogP contribution in [0.2, 0.25) is 0 Å². The van der Waals surface area contributed by atoms with Crippen LogP contribution in [-0.4, -0.2) is 16.0 Å². The zero-order valence-electron chi connectivity index (χ0n) is 11.4. The summed E-state index contributed by atoms with van der Waals surface area (Å²) in [6, 6.07) is 17.7. The Morgan fingerprint density at radius 2 is 1.36 bits per heavy atom. The summed E-state index contributed by atoms with van der Waals surface area (Å²) in [5.41, 5.74) is 1.36. The number of carbonyl (C=O) groups excluding carboxylic acids is 1. The lowest BCUT2D eigenvalue weighted by molar-refractivity contribution is 0.249. The summed E-state index contributed by atoms with van der Waals surface area (Å²) in [6.45, 7) is 0. The zero-order chi connectivity index (χ0) is 16.0. The summed E-state index contributed by atoms with van der Waals surface area (Å²) in [5, 5.41) is 8.23. The zero-order valence-corrected chi connectivity index (χ0v) is 13.7. The maximum absolute atomic E-state index is 12.0. The number of halogens is 3. The third-order valence-electron chi connectivity index (χ3n) is 2.72. The maximum Gasteiger partial charge on any atom is 0.320 e. The molecule has 0 fully saturated rings. The second kappa shape index (κ2) is 7.58. The van der Waals surface area contributed by atoms with Crippen LogP contribution in [0.15, 0.2) is 60.7 Å². The maximum atomic E-state index is 12.0. The monoisotopic (exact) mass is 357 g/mol. The molecular weight excluding hydrogens is 345 g/mol. The molecule has 0 bridgehead atoms. The molecule has 0 spiro atoms. The summed E-state index contributed by atoms with van der Waals surface area (Å²) >= 11 is 17.8. The number of alkyl halides is 3. The summed E-state index contributed by atoms with van der Waals surface area (Å²) < 4.78 is -1.72. The van der Waals surface area contributed by atoms with E-state index in [1.807, 2.05) is 36.4 Å². The van der Waals surface area contributed by atoms with Gasteiger partial charge in [-0.25, -0.2) is 4.79 Å². The van der Waals surface area contributed by atoms with Gasteiger partial charge < -0.3 is 16.0 Å². The molecule has 1 unspecified atom stereocenters. The van der Waals surface area contributed by atoms with Crippen molar-refractivity contribution in [2.24, 2.45) is 0 Å². The van der Waals surface area contributed by atoms with Crippen molar-refractivity contribution in [1.82, 2.24) is 5.32 Å². The highest BCUT2D eigenvalue weighted by Gasteiger charge is 2.34. The highest BCUT2D eigenvalue weighted by atomic mass is 35.6. The Morgan fingerprint density at radius 3 is 1.86 bits per heavy atom. The number of amides is 2. The van der Waals surface area contributed by atoms with E-state index in [1.165, 1.54) is 0 Å². The minimum atomic E-state index is -1.72. The molecule has 0 aromatic heterocycles. The third-order valence-corrected chi connectivity index (χ3v) is 3.37. The Balaban J connectivity index is 2.02. The van der Waals surface area contributed by atoms with Crippen LogP contribution in [0.1, 0.15) is 0 Å². The van der Waals surface area contributed by atoms with E-state index in [2.05, 4.69) is 16.0 Å². The predicted octanol–water partition coefficient (Wildman–Crippen LogP) is 4.62. The Bertz CT molecular complexity index is 602. The largest absolute Gasteiger partial charge is 0.362 e. The fourth-order valence-electron chi connectivity index (χ4n) is 1.72. The van der Waals surface area contributed by atoms with Gasteiger partial charge in [0.25, 0.3) is 0 Å². The predicted molar refractivity (Wildman–Crippen MR) is 92.7 cm³/mol. The van der Waals surface area contributed by atoms with Gasteiger partial charge in [0.15, 0.2) is 0 Å². The first-order valence-electron chi connectivity index (χ1n) is 6.46. The molecule has 2 rings (SSSR count). The number of urea groups is 1. The van der Waals surface area contributed by atoms with Crippen LogP contribution in [0.25, 0.3) is 0 Å². The van der Waals surface area contributed by atoms with E-state index >= 15 is 0 Å². The second-order valence-electron chi connectivity index (χ2n) is 4.45. The van der Waals surface area contributed by atoms with Gasteiger partial charge in [-0.15, -0.1) is 0 Å². The van der Waals surface area contributed by atoms with Gasteiger partial charge in [0.1, 0.15) is 6.17 Å². The van der Waals surface area contributed by atoms with Gasteiger partial charge in [-0.05, 0) is 24.3 Å². The molecule has 2 aromatic carbocycles. The minimum absolute atomic E-state index is 0.481. The van der Waals surface area contributed by atoms with E-state index in [-0.39, 0.29) is 0 Å². The smallest absolute Gasteiger partial charge is 0.320 e. The van der Waals surface area contributed by atoms with Gasteiger partial charge in [-0.3, -0.25) is 0 Å². The fraction of sp³-hybridized carbons (Fsp3) is 0.133. The van der Waals surface area contributed by atoms with Crippen LogP contribution in [0.3, 0.4) is 0 Å². The normalized spacial score (nSPS) is 12.3. The number of para-hydroxylation sites is 2. The molecule has 0 aliphatic heterocycles. The van der Waals surface area contributed by atoms with Crippen LogP contribution in [0.4, 0.5) is 16.2 Å². The van der Waals surface area contributed by atoms with Crippen molar-refractivity contribution in [3.63, 3.8) is 0 Å². The average Bonchev–Trinajstić information content (AvgIpc) is 2.48. The standard InChI is InChI=1S/C15H14Cl3N3O/c16-15(17,18)13(19-11-7-3-1-4-8-11)21-14(22)20-12-9-5-2-6-10-12/h1-10,13,19H,(H2,20,21,22). The van der Waals surface area contributed by atoms with Gasteiger partial charge in [-0.2, -0.15) is 0 Å². The lowest BCUT2D eigenvalue weighted by Gasteiger charge is -2.27. The van der Waals surface area contributed by atoms with Crippen molar-refractivity contribution in [2.45, 2.75) is 9.96 Å². The summed E-state index contributed by atoms with van der Waals surface area (Å²) in [5.74, 6) is 0. The molecule has 0 aliphatic rings. The molecule has 4 nitrogen and oxygen atoms in total. The molecule has 7 heteroatoms. The van der Waals surface area contributed by atoms with Gasteiger partial charge in [0.2, 0.25) is 3.79 Å². The Labute approximate surface area is 143 Å². The van der Waals surface area contributed by atoms with Crippen LogP contribution < -0.4 is 16.0 Å². The number of benzene rings is 2. The molecule has 1 atom stereocenters. The van der Waals surface area contributed by atoms with E-state index < -0.39 is 16.0 Å². The van der Waals surface area contributed by atoms with Crippen LogP contribution in [0.5, 0.6) is 0 Å². The summed E-state index contributed by atoms with van der Waals surface area (Å²) in [4.78, 5) is 12.0. The number of anilines is 2. The van der Waals surface area contributed by atoms with Crippen molar-refractivity contribution in [3.05, 3.63) is 60.7 Å². The molecule has 0 saturated heterocycles. The van der Waals surface area contributed by atoms with Crippen LogP contribution in [-0.2, 0) is 0 Å². The first kappa shape index (κ1) is 16.7. The van der Waals surface area contributed by atoms with Gasteiger partial charge in [0.05, 0.1) is 0 Å². The quantitative estimate of drug-likeness (QED) is 0.552. The molecule has 2 aromatic rings. The van der Waals surface area contributed by atoms with Gasteiger partial charge in [-0.1, -0.05) is 71.2 Å². The molecule has 2 amide bonds. The Hall–Kier alpha value is -1.62. The molecule has 0 saturated carbocycles. The first-order valence-corrected chi connectivity index (χ1v) is 7.59. The number of nitrogens with one attached hydrogen (secondary N) is 3. The Kier molecular flexibility index (Phi) is 5.77. The number of rotatable bonds is 4. The summed E-state index contributed by atoms with van der Waals surface area (Å²) in [7, 11) is 0. The van der Waals surface area contributed by atoms with Gasteiger partial charge >= 0.3 is 6.03 Å². The van der Waals surface area contributed by atoms with Gasteiger partial charge in [0, 0.05) is 11.4 Å². The number of hydrogen-bond donors (Lipinski definition) is 3. The lowest BCUT2D eigenvalue weighted by atomic mass is 10.3. The second-order valence-corrected chi connectivity index (χ2v) is 6.82. The number of carbonyl (C=O) groups is 1. The minimum Gasteiger partial charge on any atom is -0.362 e. The lowest BCUT2D eigenvalue weighted by Crippen LogP contribution is -2.50. The Morgan fingerprint density at radius 1 is 0.864 bits per heavy atom. The van der Waals surface area contributed by atoms with E-state index in [0.717, 1.165) is 5.69 Å². The van der Waals surface area contributed by atoms with Crippen LogP contribution in [0, 0.1) is 0 Å². The topological polar surface area (TPSA) is 53.2 Å². The van der Waals surface area contributed by atoms with Crippen molar-refractivity contribution >= 4 is 52.2 Å². The first-order chi connectivity index (χ1) is 10.4. The highest BCUT2D eigenvalue weighted by Crippen LogP contribution is 2.31. The van der Waals surface area contributed by atoms with E-state index in [9.17, 15) is 4.79 Å².